The van der Waals surface area contributed by atoms with Crippen LogP contribution in [0.25, 0.3) is 0 Å². The molecule has 19 heavy (non-hydrogen) atoms. The second-order valence-corrected chi connectivity index (χ2v) is 4.90. The number of amides is 1. The maximum Gasteiger partial charge on any atom is 0.328 e. The van der Waals surface area contributed by atoms with Crippen molar-refractivity contribution in [2.24, 2.45) is 0 Å². The van der Waals surface area contributed by atoms with Gasteiger partial charge in [-0.1, -0.05) is 18.2 Å². The van der Waals surface area contributed by atoms with Gasteiger partial charge < -0.3 is 9.64 Å². The zero-order valence-electron chi connectivity index (χ0n) is 11.3. The number of carbonyl (C=O) groups is 2. The minimum atomic E-state index is -0.457. The van der Waals surface area contributed by atoms with Crippen molar-refractivity contribution in [2.75, 3.05) is 7.11 Å². The fourth-order valence-corrected chi connectivity index (χ4v) is 2.63. The summed E-state index contributed by atoms with van der Waals surface area (Å²) >= 11 is 0. The molecule has 0 saturated carbocycles. The van der Waals surface area contributed by atoms with Crippen LogP contribution in [0.4, 0.5) is 0 Å². The first-order valence-corrected chi connectivity index (χ1v) is 6.60. The highest BCUT2D eigenvalue weighted by Gasteiger charge is 2.37. The molecule has 1 heterocycles. The highest BCUT2D eigenvalue weighted by molar-refractivity contribution is 5.97. The molecule has 4 heteroatoms. The van der Waals surface area contributed by atoms with E-state index in [0.717, 1.165) is 12.8 Å². The molecule has 1 aromatic carbocycles. The number of likely N-dealkylation sites (tertiary alicyclic amines) is 1. The Morgan fingerprint density at radius 1 is 1.21 bits per heavy atom. The van der Waals surface area contributed by atoms with Crippen molar-refractivity contribution in [3.63, 3.8) is 0 Å². The number of ether oxygens (including phenoxy) is 1. The van der Waals surface area contributed by atoms with E-state index in [1.165, 1.54) is 7.11 Å². The summed E-state index contributed by atoms with van der Waals surface area (Å²) in [6.07, 6.45) is 2.54. The van der Waals surface area contributed by atoms with E-state index in [1.807, 2.05) is 25.1 Å². The van der Waals surface area contributed by atoms with Crippen LogP contribution < -0.4 is 0 Å². The molecule has 0 aliphatic carbocycles. The number of methoxy groups -OCH3 is 1. The highest BCUT2D eigenvalue weighted by atomic mass is 16.5. The van der Waals surface area contributed by atoms with Gasteiger partial charge in [-0.15, -0.1) is 0 Å². The van der Waals surface area contributed by atoms with Crippen LogP contribution >= 0.6 is 0 Å². The molecule has 0 spiro atoms. The Balaban J connectivity index is 2.27. The second-order valence-electron chi connectivity index (χ2n) is 4.90. The minimum absolute atomic E-state index is 0.0607. The van der Waals surface area contributed by atoms with Gasteiger partial charge in [0.2, 0.25) is 0 Å². The predicted octanol–water partition coefficient (Wildman–Crippen LogP) is 2.24. The lowest BCUT2D eigenvalue weighted by molar-refractivity contribution is -0.148. The number of esters is 1. The SMILES string of the molecule is COC(=O)[C@H]1CCC[C@H](C)N1C(=O)c1ccccc1. The zero-order valence-corrected chi connectivity index (χ0v) is 11.3. The average molecular weight is 261 g/mol. The molecule has 1 aliphatic rings. The van der Waals surface area contributed by atoms with Crippen LogP contribution in [0.3, 0.4) is 0 Å². The van der Waals surface area contributed by atoms with Gasteiger partial charge in [-0.25, -0.2) is 4.79 Å². The van der Waals surface area contributed by atoms with Gasteiger partial charge in [0.25, 0.3) is 5.91 Å². The van der Waals surface area contributed by atoms with E-state index in [1.54, 1.807) is 17.0 Å². The molecule has 0 unspecified atom stereocenters. The predicted molar refractivity (Wildman–Crippen MR) is 71.7 cm³/mol. The van der Waals surface area contributed by atoms with E-state index in [4.69, 9.17) is 4.74 Å². The fraction of sp³-hybridized carbons (Fsp3) is 0.467. The first-order valence-electron chi connectivity index (χ1n) is 6.60. The summed E-state index contributed by atoms with van der Waals surface area (Å²) in [5.74, 6) is -0.418. The van der Waals surface area contributed by atoms with Gasteiger partial charge in [-0.3, -0.25) is 4.79 Å². The van der Waals surface area contributed by atoms with Gasteiger partial charge >= 0.3 is 5.97 Å². The van der Waals surface area contributed by atoms with Gasteiger partial charge in [0, 0.05) is 11.6 Å². The van der Waals surface area contributed by atoms with Crippen molar-refractivity contribution in [1.29, 1.82) is 0 Å². The largest absolute Gasteiger partial charge is 0.467 e. The molecule has 1 aromatic rings. The molecule has 1 saturated heterocycles. The number of benzene rings is 1. The third-order valence-corrected chi connectivity index (χ3v) is 3.64. The Labute approximate surface area is 113 Å². The molecule has 2 atom stereocenters. The lowest BCUT2D eigenvalue weighted by Gasteiger charge is -2.39. The van der Waals surface area contributed by atoms with Gasteiger partial charge in [-0.05, 0) is 38.3 Å². The van der Waals surface area contributed by atoms with Crippen LogP contribution in [-0.4, -0.2) is 36.0 Å². The number of piperidine rings is 1. The number of hydrogen-bond acceptors (Lipinski definition) is 3. The van der Waals surface area contributed by atoms with E-state index >= 15 is 0 Å². The van der Waals surface area contributed by atoms with Crippen molar-refractivity contribution >= 4 is 11.9 Å². The third kappa shape index (κ3) is 2.78. The molecule has 1 aliphatic heterocycles. The maximum atomic E-state index is 12.6. The van der Waals surface area contributed by atoms with Gasteiger partial charge in [0.1, 0.15) is 6.04 Å². The normalized spacial score (nSPS) is 22.9. The first-order chi connectivity index (χ1) is 9.15. The zero-order chi connectivity index (χ0) is 13.8. The Bertz CT molecular complexity index is 458. The monoisotopic (exact) mass is 261 g/mol. The highest BCUT2D eigenvalue weighted by Crippen LogP contribution is 2.25. The Morgan fingerprint density at radius 2 is 1.89 bits per heavy atom. The van der Waals surface area contributed by atoms with Crippen LogP contribution in [0.1, 0.15) is 36.5 Å². The average Bonchev–Trinajstić information content (AvgIpc) is 2.46. The summed E-state index contributed by atoms with van der Waals surface area (Å²) in [6.45, 7) is 1.98. The molecule has 0 radical (unpaired) electrons. The lowest BCUT2D eigenvalue weighted by Crippen LogP contribution is -2.52. The molecule has 102 valence electrons. The van der Waals surface area contributed by atoms with Crippen LogP contribution in [0.5, 0.6) is 0 Å². The summed E-state index contributed by atoms with van der Waals surface area (Å²) < 4.78 is 4.82. The number of hydrogen-bond donors (Lipinski definition) is 0. The van der Waals surface area contributed by atoms with Crippen molar-refractivity contribution in [1.82, 2.24) is 4.90 Å². The van der Waals surface area contributed by atoms with Crippen LogP contribution in [0.2, 0.25) is 0 Å². The summed E-state index contributed by atoms with van der Waals surface area (Å²) in [5, 5.41) is 0. The topological polar surface area (TPSA) is 46.6 Å². The Morgan fingerprint density at radius 3 is 2.53 bits per heavy atom. The number of nitrogens with zero attached hydrogens (tertiary/aromatic N) is 1. The molecule has 0 N–H and O–H groups in total. The smallest absolute Gasteiger partial charge is 0.328 e. The summed E-state index contributed by atoms with van der Waals surface area (Å²) in [4.78, 5) is 26.1. The van der Waals surface area contributed by atoms with Crippen molar-refractivity contribution in [3.05, 3.63) is 35.9 Å². The molecular weight excluding hydrogens is 242 g/mol. The molecule has 2 rings (SSSR count). The number of carbonyl (C=O) groups excluding carboxylic acids is 2. The van der Waals surface area contributed by atoms with Crippen LogP contribution in [-0.2, 0) is 9.53 Å². The first kappa shape index (κ1) is 13.6. The van der Waals surface area contributed by atoms with E-state index in [-0.39, 0.29) is 17.9 Å². The van der Waals surface area contributed by atoms with Gasteiger partial charge in [0.15, 0.2) is 0 Å². The van der Waals surface area contributed by atoms with E-state index in [0.29, 0.717) is 12.0 Å². The summed E-state index contributed by atoms with van der Waals surface area (Å²) in [7, 11) is 1.37. The molecular formula is C15H19NO3. The Kier molecular flexibility index (Phi) is 4.20. The van der Waals surface area contributed by atoms with E-state index < -0.39 is 6.04 Å². The molecule has 4 nitrogen and oxygen atoms in total. The summed E-state index contributed by atoms with van der Waals surface area (Å²) in [6, 6.07) is 8.68. The molecule has 1 fully saturated rings. The lowest BCUT2D eigenvalue weighted by atomic mass is 9.95. The third-order valence-electron chi connectivity index (χ3n) is 3.64. The van der Waals surface area contributed by atoms with E-state index in [2.05, 4.69) is 0 Å². The van der Waals surface area contributed by atoms with Crippen molar-refractivity contribution < 1.29 is 14.3 Å². The van der Waals surface area contributed by atoms with E-state index in [9.17, 15) is 9.59 Å². The standard InChI is InChI=1S/C15H19NO3/c1-11-7-6-10-13(15(18)19-2)16(11)14(17)12-8-4-3-5-9-12/h3-5,8-9,11,13H,6-7,10H2,1-2H3/t11-,13+/m0/s1. The van der Waals surface area contributed by atoms with Crippen molar-refractivity contribution in [2.45, 2.75) is 38.3 Å². The molecule has 1 amide bonds. The quantitative estimate of drug-likeness (QED) is 0.767. The molecule has 0 aromatic heterocycles. The van der Waals surface area contributed by atoms with Gasteiger partial charge in [-0.2, -0.15) is 0 Å². The Hall–Kier alpha value is -1.84. The molecule has 0 bridgehead atoms. The van der Waals surface area contributed by atoms with Crippen LogP contribution in [0.15, 0.2) is 30.3 Å². The van der Waals surface area contributed by atoms with Gasteiger partial charge in [0.05, 0.1) is 7.11 Å². The summed E-state index contributed by atoms with van der Waals surface area (Å²) in [5.41, 5.74) is 0.616. The van der Waals surface area contributed by atoms with Crippen molar-refractivity contribution in [3.8, 4) is 0 Å². The van der Waals surface area contributed by atoms with Crippen LogP contribution in [0, 0.1) is 0 Å². The minimum Gasteiger partial charge on any atom is -0.467 e. The fourth-order valence-electron chi connectivity index (χ4n) is 2.63. The second kappa shape index (κ2) is 5.87. The maximum absolute atomic E-state index is 12.6. The number of rotatable bonds is 2.